The van der Waals surface area contributed by atoms with Crippen molar-refractivity contribution in [3.8, 4) is 11.1 Å². The van der Waals surface area contributed by atoms with E-state index in [-0.39, 0.29) is 3.74 Å². The van der Waals surface area contributed by atoms with Gasteiger partial charge in [0.25, 0.3) is 0 Å². The SMILES string of the molecule is BrCc1ccc2ccccc2c1-c1c(C(Br)Br)ccc2ccccc12. The number of alkyl halides is 3. The van der Waals surface area contributed by atoms with Crippen LogP contribution in [0.1, 0.15) is 14.9 Å². The summed E-state index contributed by atoms with van der Waals surface area (Å²) in [4.78, 5) is 0. The molecule has 0 heterocycles. The molecular weight excluding hydrogens is 504 g/mol. The van der Waals surface area contributed by atoms with E-state index in [1.54, 1.807) is 0 Å². The van der Waals surface area contributed by atoms with Gasteiger partial charge in [-0.05, 0) is 43.8 Å². The Morgan fingerprint density at radius 1 is 0.640 bits per heavy atom. The predicted octanol–water partition coefficient (Wildman–Crippen LogP) is 8.34. The third-order valence-electron chi connectivity index (χ3n) is 4.61. The number of fused-ring (bicyclic) bond motifs is 2. The molecule has 0 N–H and O–H groups in total. The minimum absolute atomic E-state index is 0.0988. The Hall–Kier alpha value is -1.16. The molecule has 0 unspecified atom stereocenters. The topological polar surface area (TPSA) is 0 Å². The molecule has 0 saturated carbocycles. The van der Waals surface area contributed by atoms with Crippen molar-refractivity contribution in [1.29, 1.82) is 0 Å². The normalized spacial score (nSPS) is 11.5. The second-order valence-electron chi connectivity index (χ2n) is 6.01. The molecule has 0 amide bonds. The number of hydrogen-bond donors (Lipinski definition) is 0. The first-order chi connectivity index (χ1) is 12.2. The van der Waals surface area contributed by atoms with E-state index in [0.717, 1.165) is 5.33 Å². The second-order valence-corrected chi connectivity index (χ2v) is 9.63. The maximum Gasteiger partial charge on any atom is 0.0952 e. The Morgan fingerprint density at radius 3 is 1.80 bits per heavy atom. The summed E-state index contributed by atoms with van der Waals surface area (Å²) in [7, 11) is 0. The van der Waals surface area contributed by atoms with Crippen LogP contribution < -0.4 is 0 Å². The van der Waals surface area contributed by atoms with Gasteiger partial charge in [-0.1, -0.05) is 121 Å². The summed E-state index contributed by atoms with van der Waals surface area (Å²) in [6.07, 6.45) is 0. The maximum absolute atomic E-state index is 3.73. The van der Waals surface area contributed by atoms with Crippen molar-refractivity contribution < 1.29 is 0 Å². The van der Waals surface area contributed by atoms with Gasteiger partial charge in [-0.2, -0.15) is 0 Å². The van der Waals surface area contributed by atoms with Gasteiger partial charge in [-0.25, -0.2) is 0 Å². The summed E-state index contributed by atoms with van der Waals surface area (Å²) in [5, 5.41) is 5.92. The van der Waals surface area contributed by atoms with Crippen LogP contribution in [0, 0.1) is 0 Å². The highest BCUT2D eigenvalue weighted by Crippen LogP contribution is 2.44. The lowest BCUT2D eigenvalue weighted by Crippen LogP contribution is -1.95. The minimum atomic E-state index is 0.0988. The predicted molar refractivity (Wildman–Crippen MR) is 120 cm³/mol. The highest BCUT2D eigenvalue weighted by molar-refractivity contribution is 9.24. The quantitative estimate of drug-likeness (QED) is 0.239. The number of rotatable bonds is 3. The van der Waals surface area contributed by atoms with Gasteiger partial charge in [0, 0.05) is 5.33 Å². The van der Waals surface area contributed by atoms with E-state index < -0.39 is 0 Å². The van der Waals surface area contributed by atoms with E-state index >= 15 is 0 Å². The number of hydrogen-bond acceptors (Lipinski definition) is 0. The Kier molecular flexibility index (Phi) is 4.99. The fraction of sp³-hybridized carbons (Fsp3) is 0.0909. The van der Waals surface area contributed by atoms with E-state index in [1.165, 1.54) is 43.8 Å². The first kappa shape index (κ1) is 17.3. The van der Waals surface area contributed by atoms with Crippen LogP contribution in [0.15, 0.2) is 72.8 Å². The largest absolute Gasteiger partial charge is 0.0952 e. The zero-order chi connectivity index (χ0) is 17.4. The number of benzene rings is 4. The third kappa shape index (κ3) is 3.07. The van der Waals surface area contributed by atoms with Crippen LogP contribution in [0.4, 0.5) is 0 Å². The molecule has 25 heavy (non-hydrogen) atoms. The lowest BCUT2D eigenvalue weighted by molar-refractivity contribution is 1.40. The van der Waals surface area contributed by atoms with Crippen molar-refractivity contribution in [2.24, 2.45) is 0 Å². The first-order valence-corrected chi connectivity index (χ1v) is 11.0. The van der Waals surface area contributed by atoms with Crippen molar-refractivity contribution >= 4 is 69.3 Å². The Bertz CT molecular complexity index is 1070. The summed E-state index contributed by atoms with van der Waals surface area (Å²) in [6, 6.07) is 26.1. The fourth-order valence-electron chi connectivity index (χ4n) is 3.47. The van der Waals surface area contributed by atoms with Crippen molar-refractivity contribution in [3.63, 3.8) is 0 Å². The molecule has 4 rings (SSSR count). The Morgan fingerprint density at radius 2 is 1.20 bits per heavy atom. The molecule has 0 aliphatic rings. The first-order valence-electron chi connectivity index (χ1n) is 8.07. The molecule has 0 bridgehead atoms. The molecule has 0 aliphatic carbocycles. The fourth-order valence-corrected chi connectivity index (χ4v) is 4.70. The van der Waals surface area contributed by atoms with Gasteiger partial charge in [0.05, 0.1) is 3.74 Å². The second kappa shape index (κ2) is 7.22. The molecule has 0 fully saturated rings. The monoisotopic (exact) mass is 516 g/mol. The molecule has 4 aromatic rings. The summed E-state index contributed by atoms with van der Waals surface area (Å²) in [5.74, 6) is 0. The molecule has 0 aromatic heterocycles. The van der Waals surface area contributed by atoms with Gasteiger partial charge in [-0.3, -0.25) is 0 Å². The van der Waals surface area contributed by atoms with Crippen LogP contribution >= 0.6 is 47.8 Å². The average molecular weight is 519 g/mol. The van der Waals surface area contributed by atoms with E-state index in [0.29, 0.717) is 0 Å². The van der Waals surface area contributed by atoms with Gasteiger partial charge < -0.3 is 0 Å². The zero-order valence-corrected chi connectivity index (χ0v) is 18.1. The van der Waals surface area contributed by atoms with E-state index in [2.05, 4.69) is 121 Å². The molecule has 0 nitrogen and oxygen atoms in total. The number of halogens is 3. The van der Waals surface area contributed by atoms with Gasteiger partial charge in [0.15, 0.2) is 0 Å². The summed E-state index contributed by atoms with van der Waals surface area (Å²) in [6.45, 7) is 0. The van der Waals surface area contributed by atoms with Crippen LogP contribution in [0.2, 0.25) is 0 Å². The van der Waals surface area contributed by atoms with E-state index in [1.807, 2.05) is 0 Å². The van der Waals surface area contributed by atoms with Crippen molar-refractivity contribution in [1.82, 2.24) is 0 Å². The van der Waals surface area contributed by atoms with Crippen molar-refractivity contribution in [3.05, 3.63) is 83.9 Å². The molecule has 0 saturated heterocycles. The minimum Gasteiger partial charge on any atom is -0.0876 e. The highest BCUT2D eigenvalue weighted by atomic mass is 79.9. The summed E-state index contributed by atoms with van der Waals surface area (Å²) in [5.41, 5.74) is 5.16. The van der Waals surface area contributed by atoms with Crippen molar-refractivity contribution in [2.75, 3.05) is 0 Å². The van der Waals surface area contributed by atoms with E-state index in [4.69, 9.17) is 0 Å². The molecule has 0 atom stereocenters. The van der Waals surface area contributed by atoms with Gasteiger partial charge >= 0.3 is 0 Å². The molecule has 124 valence electrons. The van der Waals surface area contributed by atoms with Crippen LogP contribution in [-0.2, 0) is 5.33 Å². The van der Waals surface area contributed by atoms with Crippen LogP contribution in [-0.4, -0.2) is 0 Å². The van der Waals surface area contributed by atoms with Gasteiger partial charge in [0.2, 0.25) is 0 Å². The molecule has 3 heteroatoms. The summed E-state index contributed by atoms with van der Waals surface area (Å²) >= 11 is 11.2. The molecule has 4 aromatic carbocycles. The molecule has 0 spiro atoms. The van der Waals surface area contributed by atoms with Crippen LogP contribution in [0.5, 0.6) is 0 Å². The molecule has 0 radical (unpaired) electrons. The Balaban J connectivity index is 2.22. The Labute approximate surface area is 172 Å². The molecule has 0 aliphatic heterocycles. The van der Waals surface area contributed by atoms with Crippen molar-refractivity contribution in [2.45, 2.75) is 9.07 Å². The maximum atomic E-state index is 3.73. The molecular formula is C22H15Br3. The van der Waals surface area contributed by atoms with Crippen LogP contribution in [0.25, 0.3) is 32.7 Å². The smallest absolute Gasteiger partial charge is 0.0876 e. The van der Waals surface area contributed by atoms with Gasteiger partial charge in [-0.15, -0.1) is 0 Å². The summed E-state index contributed by atoms with van der Waals surface area (Å²) < 4.78 is 0.0988. The lowest BCUT2D eigenvalue weighted by Gasteiger charge is -2.19. The van der Waals surface area contributed by atoms with E-state index in [9.17, 15) is 0 Å². The third-order valence-corrected chi connectivity index (χ3v) is 6.20. The lowest BCUT2D eigenvalue weighted by atomic mass is 9.88. The highest BCUT2D eigenvalue weighted by Gasteiger charge is 2.18. The average Bonchev–Trinajstić information content (AvgIpc) is 2.66. The standard InChI is InChI=1S/C22H15Br3/c23-13-16-10-9-14-5-1-3-7-17(14)20(16)21-18-8-4-2-6-15(18)11-12-19(21)22(24)25/h1-12,22H,13H2. The van der Waals surface area contributed by atoms with Crippen LogP contribution in [0.3, 0.4) is 0 Å². The zero-order valence-electron chi connectivity index (χ0n) is 13.3. The van der Waals surface area contributed by atoms with Gasteiger partial charge in [0.1, 0.15) is 0 Å².